The molecule has 0 aromatic heterocycles. The van der Waals surface area contributed by atoms with Crippen LogP contribution in [0, 0.1) is 6.92 Å². The topological polar surface area (TPSA) is 46.2 Å². The smallest absolute Gasteiger partial charge is 0.116 e. The fraction of sp³-hybridized carbons (Fsp3) is 0.500. The number of phenols is 1. The first-order chi connectivity index (χ1) is 6.60. The summed E-state index contributed by atoms with van der Waals surface area (Å²) in [7, 11) is 0. The number of rotatable bonds is 1. The van der Waals surface area contributed by atoms with Gasteiger partial charge < -0.3 is 10.8 Å². The van der Waals surface area contributed by atoms with Crippen LogP contribution in [0.2, 0.25) is 0 Å². The summed E-state index contributed by atoms with van der Waals surface area (Å²) in [5.74, 6) is 0.330. The molecule has 0 unspecified atom stereocenters. The Morgan fingerprint density at radius 2 is 1.86 bits per heavy atom. The third-order valence-corrected chi connectivity index (χ3v) is 3.13. The zero-order valence-corrected chi connectivity index (χ0v) is 8.59. The number of aryl methyl sites for hydroxylation is 1. The van der Waals surface area contributed by atoms with Crippen molar-refractivity contribution in [3.8, 4) is 5.75 Å². The first-order valence-corrected chi connectivity index (χ1v) is 5.20. The normalized spacial score (nSPS) is 19.9. The lowest BCUT2D eigenvalue weighted by atomic mass is 9.88. The van der Waals surface area contributed by atoms with E-state index in [1.807, 2.05) is 6.92 Å². The second-order valence-corrected chi connectivity index (χ2v) is 4.42. The van der Waals surface area contributed by atoms with Crippen molar-refractivity contribution in [1.29, 1.82) is 0 Å². The molecule has 1 aromatic carbocycles. The van der Waals surface area contributed by atoms with Crippen molar-refractivity contribution in [3.63, 3.8) is 0 Å². The van der Waals surface area contributed by atoms with E-state index in [0.717, 1.165) is 24.0 Å². The van der Waals surface area contributed by atoms with Gasteiger partial charge in [0, 0.05) is 5.54 Å². The lowest BCUT2D eigenvalue weighted by molar-refractivity contribution is 0.446. The minimum atomic E-state index is -0.191. The van der Waals surface area contributed by atoms with Crippen LogP contribution in [0.25, 0.3) is 0 Å². The highest BCUT2D eigenvalue weighted by atomic mass is 16.3. The number of phenolic OH excluding ortho intramolecular Hbond substituents is 1. The highest BCUT2D eigenvalue weighted by molar-refractivity contribution is 5.37. The van der Waals surface area contributed by atoms with E-state index < -0.39 is 0 Å². The van der Waals surface area contributed by atoms with Crippen molar-refractivity contribution < 1.29 is 5.11 Å². The molecule has 2 heteroatoms. The third-order valence-electron chi connectivity index (χ3n) is 3.13. The summed E-state index contributed by atoms with van der Waals surface area (Å²) in [4.78, 5) is 0. The van der Waals surface area contributed by atoms with E-state index in [9.17, 15) is 5.11 Å². The van der Waals surface area contributed by atoms with Gasteiger partial charge in [-0.3, -0.25) is 0 Å². The van der Waals surface area contributed by atoms with Crippen LogP contribution in [0.4, 0.5) is 0 Å². The Morgan fingerprint density at radius 3 is 2.43 bits per heavy atom. The molecule has 0 amide bonds. The predicted molar refractivity (Wildman–Crippen MR) is 57.2 cm³/mol. The Morgan fingerprint density at radius 1 is 1.21 bits per heavy atom. The number of hydrogen-bond acceptors (Lipinski definition) is 2. The van der Waals surface area contributed by atoms with E-state index in [2.05, 4.69) is 6.07 Å². The molecule has 0 radical (unpaired) electrons. The molecule has 1 saturated carbocycles. The standard InChI is InChI=1S/C12H17NO/c1-9-6-10(8-11(14)7-9)12(13)4-2-3-5-12/h6-8,14H,2-5,13H2,1H3. The molecule has 1 fully saturated rings. The first kappa shape index (κ1) is 9.53. The van der Waals surface area contributed by atoms with Crippen LogP contribution >= 0.6 is 0 Å². The van der Waals surface area contributed by atoms with Gasteiger partial charge in [-0.2, -0.15) is 0 Å². The van der Waals surface area contributed by atoms with E-state index in [0.29, 0.717) is 5.75 Å². The van der Waals surface area contributed by atoms with Crippen molar-refractivity contribution >= 4 is 0 Å². The molecule has 1 aliphatic carbocycles. The number of benzene rings is 1. The van der Waals surface area contributed by atoms with Gasteiger partial charge in [0.15, 0.2) is 0 Å². The molecule has 2 nitrogen and oxygen atoms in total. The molecule has 0 aliphatic heterocycles. The van der Waals surface area contributed by atoms with Gasteiger partial charge in [0.1, 0.15) is 5.75 Å². The molecule has 14 heavy (non-hydrogen) atoms. The minimum absolute atomic E-state index is 0.191. The van der Waals surface area contributed by atoms with Crippen LogP contribution in [0.1, 0.15) is 36.8 Å². The number of nitrogens with two attached hydrogens (primary N) is 1. The molecular weight excluding hydrogens is 174 g/mol. The SMILES string of the molecule is Cc1cc(O)cc(C2(N)CCCC2)c1. The summed E-state index contributed by atoms with van der Waals surface area (Å²) in [6.45, 7) is 1.99. The largest absolute Gasteiger partial charge is 0.508 e. The molecule has 76 valence electrons. The predicted octanol–water partition coefficient (Wildman–Crippen LogP) is 2.43. The van der Waals surface area contributed by atoms with Crippen molar-refractivity contribution in [3.05, 3.63) is 29.3 Å². The summed E-state index contributed by atoms with van der Waals surface area (Å²) in [6.07, 6.45) is 4.47. The molecule has 1 aliphatic rings. The lowest BCUT2D eigenvalue weighted by Gasteiger charge is -2.24. The fourth-order valence-electron chi connectivity index (χ4n) is 2.34. The summed E-state index contributed by atoms with van der Waals surface area (Å²) in [5.41, 5.74) is 8.29. The molecule has 1 aromatic rings. The average molecular weight is 191 g/mol. The van der Waals surface area contributed by atoms with Crippen LogP contribution in [0.3, 0.4) is 0 Å². The van der Waals surface area contributed by atoms with Gasteiger partial charge in [0.05, 0.1) is 0 Å². The van der Waals surface area contributed by atoms with Crippen LogP contribution in [-0.2, 0) is 5.54 Å². The summed E-state index contributed by atoms with van der Waals surface area (Å²) >= 11 is 0. The maximum absolute atomic E-state index is 9.51. The van der Waals surface area contributed by atoms with Gasteiger partial charge in [-0.15, -0.1) is 0 Å². The van der Waals surface area contributed by atoms with Gasteiger partial charge in [-0.1, -0.05) is 18.9 Å². The van der Waals surface area contributed by atoms with Crippen LogP contribution in [0.5, 0.6) is 5.75 Å². The Bertz CT molecular complexity index is 320. The quantitative estimate of drug-likeness (QED) is 0.716. The van der Waals surface area contributed by atoms with Gasteiger partial charge in [-0.25, -0.2) is 0 Å². The van der Waals surface area contributed by atoms with E-state index >= 15 is 0 Å². The molecule has 0 saturated heterocycles. The highest BCUT2D eigenvalue weighted by Crippen LogP contribution is 2.37. The van der Waals surface area contributed by atoms with Crippen molar-refractivity contribution in [2.75, 3.05) is 0 Å². The summed E-state index contributed by atoms with van der Waals surface area (Å²) in [5, 5.41) is 9.51. The Labute approximate surface area is 84.7 Å². The zero-order chi connectivity index (χ0) is 10.2. The second kappa shape index (κ2) is 3.28. The minimum Gasteiger partial charge on any atom is -0.508 e. The van der Waals surface area contributed by atoms with Gasteiger partial charge in [-0.05, 0) is 43.0 Å². The monoisotopic (exact) mass is 191 g/mol. The van der Waals surface area contributed by atoms with Gasteiger partial charge >= 0.3 is 0 Å². The van der Waals surface area contributed by atoms with E-state index in [1.54, 1.807) is 12.1 Å². The van der Waals surface area contributed by atoms with E-state index in [4.69, 9.17) is 5.73 Å². The maximum atomic E-state index is 9.51. The summed E-state index contributed by atoms with van der Waals surface area (Å²) < 4.78 is 0. The molecule has 3 N–H and O–H groups in total. The van der Waals surface area contributed by atoms with Gasteiger partial charge in [0.25, 0.3) is 0 Å². The molecule has 0 heterocycles. The Kier molecular flexibility index (Phi) is 2.23. The average Bonchev–Trinajstić information content (AvgIpc) is 2.52. The maximum Gasteiger partial charge on any atom is 0.116 e. The highest BCUT2D eigenvalue weighted by Gasteiger charge is 2.31. The van der Waals surface area contributed by atoms with Crippen LogP contribution in [0.15, 0.2) is 18.2 Å². The number of aromatic hydroxyl groups is 1. The molecule has 0 spiro atoms. The van der Waals surface area contributed by atoms with Crippen molar-refractivity contribution in [1.82, 2.24) is 0 Å². The van der Waals surface area contributed by atoms with Crippen LogP contribution in [-0.4, -0.2) is 5.11 Å². The Balaban J connectivity index is 2.40. The zero-order valence-electron chi connectivity index (χ0n) is 8.59. The number of hydrogen-bond donors (Lipinski definition) is 2. The van der Waals surface area contributed by atoms with Crippen molar-refractivity contribution in [2.24, 2.45) is 5.73 Å². The van der Waals surface area contributed by atoms with Crippen molar-refractivity contribution in [2.45, 2.75) is 38.1 Å². The first-order valence-electron chi connectivity index (χ1n) is 5.20. The molecule has 0 atom stereocenters. The van der Waals surface area contributed by atoms with Gasteiger partial charge in [0.2, 0.25) is 0 Å². The summed E-state index contributed by atoms with van der Waals surface area (Å²) in [6, 6.07) is 5.66. The van der Waals surface area contributed by atoms with E-state index in [1.165, 1.54) is 12.8 Å². The Hall–Kier alpha value is -1.02. The fourth-order valence-corrected chi connectivity index (χ4v) is 2.34. The second-order valence-electron chi connectivity index (χ2n) is 4.42. The molecule has 2 rings (SSSR count). The van der Waals surface area contributed by atoms with E-state index in [-0.39, 0.29) is 5.54 Å². The molecule has 0 bridgehead atoms. The third kappa shape index (κ3) is 1.62. The molecular formula is C12H17NO. The van der Waals surface area contributed by atoms with Crippen LogP contribution < -0.4 is 5.73 Å². The lowest BCUT2D eigenvalue weighted by Crippen LogP contribution is -2.33.